The summed E-state index contributed by atoms with van der Waals surface area (Å²) in [5, 5.41) is 7.07. The van der Waals surface area contributed by atoms with Gasteiger partial charge in [-0.15, -0.1) is 0 Å². The van der Waals surface area contributed by atoms with E-state index in [1.807, 2.05) is 18.7 Å². The molecule has 0 unspecified atom stereocenters. The van der Waals surface area contributed by atoms with Crippen molar-refractivity contribution in [1.82, 2.24) is 20.4 Å². The Morgan fingerprint density at radius 3 is 2.68 bits per heavy atom. The van der Waals surface area contributed by atoms with Crippen molar-refractivity contribution in [2.75, 3.05) is 26.3 Å². The minimum absolute atomic E-state index is 0.0454. The third-order valence-electron chi connectivity index (χ3n) is 5.68. The van der Waals surface area contributed by atoms with Crippen LogP contribution in [0.4, 0.5) is 9.18 Å². The summed E-state index contributed by atoms with van der Waals surface area (Å²) < 4.78 is 24.4. The largest absolute Gasteiger partial charge is 0.381 e. The van der Waals surface area contributed by atoms with E-state index in [2.05, 4.69) is 15.5 Å². The Bertz CT molecular complexity index is 830. The van der Waals surface area contributed by atoms with Gasteiger partial charge in [0.15, 0.2) is 0 Å². The molecule has 0 aliphatic carbocycles. The molecule has 2 fully saturated rings. The van der Waals surface area contributed by atoms with Crippen LogP contribution in [0.1, 0.15) is 38.5 Å². The normalized spacial score (nSPS) is 21.4. The Hall–Kier alpha value is -2.48. The second kappa shape index (κ2) is 7.50. The monoisotopic (exact) mass is 388 g/mol. The zero-order chi connectivity index (χ0) is 19.7. The molecule has 150 valence electrons. The summed E-state index contributed by atoms with van der Waals surface area (Å²) in [5.74, 6) is 0.607. The first-order chi connectivity index (χ1) is 13.5. The van der Waals surface area contributed by atoms with Crippen molar-refractivity contribution >= 4 is 6.03 Å². The minimum atomic E-state index is -0.309. The number of urea groups is 1. The molecule has 2 aromatic rings. The number of aromatic nitrogens is 2. The molecule has 2 aliphatic rings. The Balaban J connectivity index is 1.60. The van der Waals surface area contributed by atoms with E-state index < -0.39 is 0 Å². The van der Waals surface area contributed by atoms with Crippen molar-refractivity contribution in [2.24, 2.45) is 5.41 Å². The van der Waals surface area contributed by atoms with Gasteiger partial charge in [-0.1, -0.05) is 5.16 Å². The van der Waals surface area contributed by atoms with Gasteiger partial charge in [-0.3, -0.25) is 0 Å². The van der Waals surface area contributed by atoms with Crippen molar-refractivity contribution in [3.63, 3.8) is 0 Å². The van der Waals surface area contributed by atoms with Gasteiger partial charge in [0.2, 0.25) is 11.7 Å². The van der Waals surface area contributed by atoms with Gasteiger partial charge >= 0.3 is 6.03 Å². The van der Waals surface area contributed by atoms with Crippen LogP contribution in [0.2, 0.25) is 0 Å². The first-order valence-electron chi connectivity index (χ1n) is 9.70. The number of nitrogens with one attached hydrogen (secondary N) is 1. The van der Waals surface area contributed by atoms with E-state index in [4.69, 9.17) is 9.26 Å². The summed E-state index contributed by atoms with van der Waals surface area (Å²) >= 11 is 0. The molecule has 8 heteroatoms. The Kier molecular flexibility index (Phi) is 5.05. The standard InChI is InChI=1S/C20H25FN4O3/c1-13(2)22-19(26)25-11-16(20(12-25)7-9-27-10-8-20)18-23-17(24-28-18)14-3-5-15(21)6-4-14/h3-6,13,16H,7-12H2,1-2H3,(H,22,26)/t16-/m0/s1. The van der Waals surface area contributed by atoms with Gasteiger partial charge < -0.3 is 19.5 Å². The number of carbonyl (C=O) groups is 1. The zero-order valence-corrected chi connectivity index (χ0v) is 16.2. The zero-order valence-electron chi connectivity index (χ0n) is 16.2. The number of amides is 2. The highest BCUT2D eigenvalue weighted by atomic mass is 19.1. The van der Waals surface area contributed by atoms with Crippen molar-refractivity contribution in [3.05, 3.63) is 36.0 Å². The summed E-state index contributed by atoms with van der Waals surface area (Å²) in [7, 11) is 0. The Morgan fingerprint density at radius 1 is 1.29 bits per heavy atom. The first kappa shape index (κ1) is 18.9. The van der Waals surface area contributed by atoms with Crippen LogP contribution < -0.4 is 5.32 Å². The molecular formula is C20H25FN4O3. The quantitative estimate of drug-likeness (QED) is 0.873. The van der Waals surface area contributed by atoms with Gasteiger partial charge in [0.05, 0.1) is 5.92 Å². The van der Waals surface area contributed by atoms with E-state index in [-0.39, 0.29) is 29.2 Å². The molecule has 28 heavy (non-hydrogen) atoms. The van der Waals surface area contributed by atoms with Crippen LogP contribution in [0, 0.1) is 11.2 Å². The number of benzene rings is 1. The lowest BCUT2D eigenvalue weighted by Crippen LogP contribution is -2.43. The van der Waals surface area contributed by atoms with Crippen molar-refractivity contribution in [2.45, 2.75) is 38.6 Å². The molecule has 7 nitrogen and oxygen atoms in total. The number of hydrogen-bond donors (Lipinski definition) is 1. The fraction of sp³-hybridized carbons (Fsp3) is 0.550. The summed E-state index contributed by atoms with van der Waals surface area (Å²) in [6.07, 6.45) is 1.69. The summed E-state index contributed by atoms with van der Waals surface area (Å²) in [4.78, 5) is 19.0. The van der Waals surface area contributed by atoms with E-state index in [9.17, 15) is 9.18 Å². The van der Waals surface area contributed by atoms with Gasteiger partial charge in [-0.2, -0.15) is 4.98 Å². The van der Waals surface area contributed by atoms with Gasteiger partial charge in [-0.25, -0.2) is 9.18 Å². The van der Waals surface area contributed by atoms with E-state index in [0.29, 0.717) is 43.6 Å². The number of ether oxygens (including phenoxy) is 1. The third-order valence-corrected chi connectivity index (χ3v) is 5.68. The van der Waals surface area contributed by atoms with Crippen molar-refractivity contribution in [1.29, 1.82) is 0 Å². The molecule has 0 saturated carbocycles. The molecular weight excluding hydrogens is 363 g/mol. The van der Waals surface area contributed by atoms with E-state index in [0.717, 1.165) is 12.8 Å². The minimum Gasteiger partial charge on any atom is -0.381 e. The molecule has 1 aromatic carbocycles. The number of rotatable bonds is 3. The van der Waals surface area contributed by atoms with Crippen LogP contribution in [0.3, 0.4) is 0 Å². The number of nitrogens with zero attached hydrogens (tertiary/aromatic N) is 3. The first-order valence-corrected chi connectivity index (χ1v) is 9.70. The van der Waals surface area contributed by atoms with E-state index >= 15 is 0 Å². The topological polar surface area (TPSA) is 80.5 Å². The molecule has 0 radical (unpaired) electrons. The maximum absolute atomic E-state index is 13.2. The SMILES string of the molecule is CC(C)NC(=O)N1C[C@@H](c2nc(-c3ccc(F)cc3)no2)C2(CCOCC2)C1. The lowest BCUT2D eigenvalue weighted by atomic mass is 9.72. The van der Waals surface area contributed by atoms with Crippen LogP contribution in [-0.4, -0.2) is 53.4 Å². The number of halogens is 1. The number of carbonyl (C=O) groups excluding carboxylic acids is 1. The summed E-state index contributed by atoms with van der Waals surface area (Å²) in [6.45, 7) is 6.40. The van der Waals surface area contributed by atoms with Crippen LogP contribution in [0.5, 0.6) is 0 Å². The fourth-order valence-corrected chi connectivity index (χ4v) is 4.18. The average Bonchev–Trinajstić information content (AvgIpc) is 3.28. The van der Waals surface area contributed by atoms with Gasteiger partial charge in [0.25, 0.3) is 0 Å². The van der Waals surface area contributed by atoms with Crippen molar-refractivity contribution < 1.29 is 18.4 Å². The molecule has 4 rings (SSSR count). The lowest BCUT2D eigenvalue weighted by molar-refractivity contribution is 0.00940. The highest BCUT2D eigenvalue weighted by Gasteiger charge is 2.51. The average molecular weight is 388 g/mol. The molecule has 1 spiro atoms. The van der Waals surface area contributed by atoms with E-state index in [1.165, 1.54) is 12.1 Å². The molecule has 0 bridgehead atoms. The second-order valence-corrected chi connectivity index (χ2v) is 7.98. The summed E-state index contributed by atoms with van der Waals surface area (Å²) in [5.41, 5.74) is 0.573. The summed E-state index contributed by atoms with van der Waals surface area (Å²) in [6, 6.07) is 6.01. The molecule has 2 amide bonds. The molecule has 2 saturated heterocycles. The third kappa shape index (κ3) is 3.61. The molecule has 1 N–H and O–H groups in total. The maximum Gasteiger partial charge on any atom is 0.317 e. The fourth-order valence-electron chi connectivity index (χ4n) is 4.18. The molecule has 1 aromatic heterocycles. The Morgan fingerprint density at radius 2 is 2.00 bits per heavy atom. The highest BCUT2D eigenvalue weighted by Crippen LogP contribution is 2.49. The molecule has 1 atom stereocenters. The number of hydrogen-bond acceptors (Lipinski definition) is 5. The van der Waals surface area contributed by atoms with Crippen molar-refractivity contribution in [3.8, 4) is 11.4 Å². The predicted octanol–water partition coefficient (Wildman–Crippen LogP) is 3.19. The predicted molar refractivity (Wildman–Crippen MR) is 100 cm³/mol. The van der Waals surface area contributed by atoms with Crippen LogP contribution in [0.15, 0.2) is 28.8 Å². The van der Waals surface area contributed by atoms with Crippen LogP contribution in [0.25, 0.3) is 11.4 Å². The van der Waals surface area contributed by atoms with E-state index in [1.54, 1.807) is 12.1 Å². The van der Waals surface area contributed by atoms with Crippen LogP contribution in [-0.2, 0) is 4.74 Å². The Labute approximate surface area is 163 Å². The molecule has 3 heterocycles. The van der Waals surface area contributed by atoms with Gasteiger partial charge in [0, 0.05) is 43.3 Å². The smallest absolute Gasteiger partial charge is 0.317 e. The highest BCUT2D eigenvalue weighted by molar-refractivity contribution is 5.75. The number of likely N-dealkylation sites (tertiary alicyclic amines) is 1. The van der Waals surface area contributed by atoms with Gasteiger partial charge in [-0.05, 0) is 51.0 Å². The maximum atomic E-state index is 13.2. The second-order valence-electron chi connectivity index (χ2n) is 7.98. The molecule has 2 aliphatic heterocycles. The van der Waals surface area contributed by atoms with Gasteiger partial charge in [0.1, 0.15) is 5.82 Å². The van der Waals surface area contributed by atoms with Crippen LogP contribution >= 0.6 is 0 Å². The lowest BCUT2D eigenvalue weighted by Gasteiger charge is -2.36.